The van der Waals surface area contributed by atoms with Gasteiger partial charge in [-0.3, -0.25) is 24.1 Å². The number of carbonyl (C=O) groups is 4. The van der Waals surface area contributed by atoms with Crippen molar-refractivity contribution >= 4 is 23.7 Å². The minimum atomic E-state index is -0.347. The van der Waals surface area contributed by atoms with Crippen LogP contribution in [0.4, 0.5) is 0 Å². The number of rotatable bonds is 4. The molecule has 2 aliphatic heterocycles. The van der Waals surface area contributed by atoms with Gasteiger partial charge in [0, 0.05) is 12.6 Å². The molecule has 2 saturated heterocycles. The molecule has 3 amide bonds. The third-order valence-electron chi connectivity index (χ3n) is 6.43. The third-order valence-corrected chi connectivity index (χ3v) is 6.43. The predicted molar refractivity (Wildman–Crippen MR) is 90.4 cm³/mol. The Balaban J connectivity index is 1.45. The van der Waals surface area contributed by atoms with E-state index in [1.54, 1.807) is 4.90 Å². The molecule has 3 fully saturated rings. The molecule has 7 nitrogen and oxygen atoms in total. The smallest absolute Gasteiger partial charge is 0.307 e. The fraction of sp³-hybridized carbons (Fsp3) is 0.684. The second-order valence-electron chi connectivity index (χ2n) is 7.78. The molecule has 140 valence electrons. The van der Waals surface area contributed by atoms with Crippen LogP contribution in [-0.2, 0) is 23.9 Å². The van der Waals surface area contributed by atoms with Crippen molar-refractivity contribution in [2.24, 2.45) is 23.7 Å². The number of allylic oxidation sites excluding steroid dienone is 2. The number of carbonyl (C=O) groups excluding carboxylic acids is 4. The van der Waals surface area contributed by atoms with Gasteiger partial charge in [-0.2, -0.15) is 0 Å². The summed E-state index contributed by atoms with van der Waals surface area (Å²) in [5, 5.41) is 0. The van der Waals surface area contributed by atoms with E-state index in [4.69, 9.17) is 4.74 Å². The molecule has 4 rings (SSSR count). The van der Waals surface area contributed by atoms with Crippen molar-refractivity contribution in [2.75, 3.05) is 20.2 Å². The van der Waals surface area contributed by atoms with Crippen molar-refractivity contribution in [2.45, 2.75) is 38.1 Å². The molecule has 0 N–H and O–H groups in total. The number of methoxy groups -OCH3 is 1. The second-order valence-corrected chi connectivity index (χ2v) is 7.78. The Hall–Kier alpha value is -2.18. The van der Waals surface area contributed by atoms with Crippen LogP contribution < -0.4 is 0 Å². The monoisotopic (exact) mass is 360 g/mol. The maximum absolute atomic E-state index is 12.8. The van der Waals surface area contributed by atoms with Crippen molar-refractivity contribution < 1.29 is 23.9 Å². The van der Waals surface area contributed by atoms with E-state index < -0.39 is 0 Å². The van der Waals surface area contributed by atoms with E-state index >= 15 is 0 Å². The van der Waals surface area contributed by atoms with Crippen LogP contribution in [0.5, 0.6) is 0 Å². The first-order valence-electron chi connectivity index (χ1n) is 9.41. The highest BCUT2D eigenvalue weighted by molar-refractivity contribution is 6.08. The van der Waals surface area contributed by atoms with Crippen LogP contribution in [0, 0.1) is 23.7 Å². The highest BCUT2D eigenvalue weighted by atomic mass is 16.5. The van der Waals surface area contributed by atoms with Gasteiger partial charge in [0.15, 0.2) is 0 Å². The zero-order valence-electron chi connectivity index (χ0n) is 14.9. The molecule has 7 heteroatoms. The van der Waals surface area contributed by atoms with Gasteiger partial charge in [0.25, 0.3) is 0 Å². The number of ether oxygens (including phenoxy) is 1. The molecule has 0 unspecified atom stereocenters. The molecule has 2 bridgehead atoms. The Morgan fingerprint density at radius 1 is 1.12 bits per heavy atom. The van der Waals surface area contributed by atoms with Crippen LogP contribution in [0.25, 0.3) is 0 Å². The summed E-state index contributed by atoms with van der Waals surface area (Å²) in [6.45, 7) is 0.345. The molecular formula is C19H24N2O5. The lowest BCUT2D eigenvalue weighted by Crippen LogP contribution is -2.50. The summed E-state index contributed by atoms with van der Waals surface area (Å²) >= 11 is 0. The summed E-state index contributed by atoms with van der Waals surface area (Å²) in [4.78, 5) is 52.7. The number of likely N-dealkylation sites (tertiary alicyclic amines) is 2. The third kappa shape index (κ3) is 2.64. The van der Waals surface area contributed by atoms with E-state index in [1.807, 2.05) is 12.2 Å². The fourth-order valence-corrected chi connectivity index (χ4v) is 5.16. The standard InChI is InChI=1S/C19H24N2O5/c1-26-15(23)9-13-4-2-3-7-20(13)14(22)10-21-18(24)16-11-5-6-12(8-11)17(16)19(21)25/h5-6,11-13,16-17H,2-4,7-10H2,1H3/t11-,12-,13+,16-,17-/m0/s1. The van der Waals surface area contributed by atoms with Crippen molar-refractivity contribution in [3.8, 4) is 0 Å². The van der Waals surface area contributed by atoms with Crippen LogP contribution in [0.2, 0.25) is 0 Å². The average Bonchev–Trinajstić information content (AvgIpc) is 3.32. The van der Waals surface area contributed by atoms with Gasteiger partial charge in [-0.15, -0.1) is 0 Å². The minimum Gasteiger partial charge on any atom is -0.469 e. The highest BCUT2D eigenvalue weighted by Gasteiger charge is 2.59. The summed E-state index contributed by atoms with van der Waals surface area (Å²) < 4.78 is 4.73. The molecule has 2 heterocycles. The Bertz CT molecular complexity index is 657. The first kappa shape index (κ1) is 17.2. The van der Waals surface area contributed by atoms with Crippen LogP contribution >= 0.6 is 0 Å². The van der Waals surface area contributed by atoms with Crippen molar-refractivity contribution in [3.63, 3.8) is 0 Å². The number of nitrogens with zero attached hydrogens (tertiary/aromatic N) is 2. The maximum atomic E-state index is 12.8. The number of hydrogen-bond donors (Lipinski definition) is 0. The fourth-order valence-electron chi connectivity index (χ4n) is 5.16. The molecule has 0 radical (unpaired) electrons. The summed E-state index contributed by atoms with van der Waals surface area (Å²) in [6.07, 6.45) is 7.67. The van der Waals surface area contributed by atoms with Crippen molar-refractivity contribution in [3.05, 3.63) is 12.2 Å². The lowest BCUT2D eigenvalue weighted by Gasteiger charge is -2.36. The molecule has 0 spiro atoms. The Morgan fingerprint density at radius 2 is 1.77 bits per heavy atom. The van der Waals surface area contributed by atoms with E-state index in [0.717, 1.165) is 30.6 Å². The van der Waals surface area contributed by atoms with Crippen LogP contribution in [0.3, 0.4) is 0 Å². The van der Waals surface area contributed by atoms with Gasteiger partial charge in [0.05, 0.1) is 25.4 Å². The van der Waals surface area contributed by atoms with E-state index in [0.29, 0.717) is 6.54 Å². The number of esters is 1. The van der Waals surface area contributed by atoms with Gasteiger partial charge in [0.2, 0.25) is 17.7 Å². The first-order valence-corrected chi connectivity index (χ1v) is 9.41. The van der Waals surface area contributed by atoms with E-state index in [9.17, 15) is 19.2 Å². The number of hydrogen-bond acceptors (Lipinski definition) is 5. The molecule has 4 aliphatic rings. The van der Waals surface area contributed by atoms with E-state index in [2.05, 4.69) is 0 Å². The van der Waals surface area contributed by atoms with Gasteiger partial charge in [-0.25, -0.2) is 0 Å². The lowest BCUT2D eigenvalue weighted by atomic mass is 9.85. The summed E-state index contributed by atoms with van der Waals surface area (Å²) in [5.74, 6) is -1.28. The largest absolute Gasteiger partial charge is 0.469 e. The van der Waals surface area contributed by atoms with Crippen molar-refractivity contribution in [1.82, 2.24) is 9.80 Å². The Kier molecular flexibility index (Phi) is 4.32. The zero-order chi connectivity index (χ0) is 18.4. The van der Waals surface area contributed by atoms with E-state index in [1.165, 1.54) is 7.11 Å². The lowest BCUT2D eigenvalue weighted by molar-refractivity contribution is -0.150. The second kappa shape index (κ2) is 6.52. The van der Waals surface area contributed by atoms with E-state index in [-0.39, 0.29) is 66.4 Å². The van der Waals surface area contributed by atoms with Crippen LogP contribution in [0.15, 0.2) is 12.2 Å². The molecule has 1 saturated carbocycles. The molecular weight excluding hydrogens is 336 g/mol. The average molecular weight is 360 g/mol. The highest BCUT2D eigenvalue weighted by Crippen LogP contribution is 2.52. The summed E-state index contributed by atoms with van der Waals surface area (Å²) in [5.41, 5.74) is 0. The molecule has 26 heavy (non-hydrogen) atoms. The van der Waals surface area contributed by atoms with Crippen molar-refractivity contribution in [1.29, 1.82) is 0 Å². The summed E-state index contributed by atoms with van der Waals surface area (Å²) in [7, 11) is 1.33. The molecule has 2 aliphatic carbocycles. The maximum Gasteiger partial charge on any atom is 0.307 e. The number of fused-ring (bicyclic) bond motifs is 5. The summed E-state index contributed by atoms with van der Waals surface area (Å²) in [6, 6.07) is -0.214. The number of piperidine rings is 1. The first-order chi connectivity index (χ1) is 12.5. The molecule has 0 aromatic rings. The topological polar surface area (TPSA) is 84.0 Å². The molecule has 0 aromatic carbocycles. The van der Waals surface area contributed by atoms with Gasteiger partial charge < -0.3 is 9.64 Å². The van der Waals surface area contributed by atoms with Gasteiger partial charge in [-0.1, -0.05) is 12.2 Å². The zero-order valence-corrected chi connectivity index (χ0v) is 14.9. The predicted octanol–water partition coefficient (Wildman–Crippen LogP) is 0.738. The number of imide groups is 1. The Morgan fingerprint density at radius 3 is 2.38 bits per heavy atom. The quantitative estimate of drug-likeness (QED) is 0.419. The number of amides is 3. The molecule has 0 aromatic heterocycles. The van der Waals surface area contributed by atoms with Crippen LogP contribution in [-0.4, -0.2) is 59.7 Å². The normalized spacial score (nSPS) is 35.2. The van der Waals surface area contributed by atoms with Gasteiger partial charge >= 0.3 is 5.97 Å². The SMILES string of the molecule is COC(=O)C[C@H]1CCCCN1C(=O)CN1C(=O)[C@@H]2[C@@H](C1=O)[C@H]1C=C[C@H]2C1. The minimum absolute atomic E-state index is 0.142. The Labute approximate surface area is 152 Å². The molecule has 5 atom stereocenters. The van der Waals surface area contributed by atoms with Gasteiger partial charge in [0.1, 0.15) is 6.54 Å². The van der Waals surface area contributed by atoms with Gasteiger partial charge in [-0.05, 0) is 37.5 Å². The van der Waals surface area contributed by atoms with Crippen LogP contribution in [0.1, 0.15) is 32.1 Å².